The summed E-state index contributed by atoms with van der Waals surface area (Å²) in [6.07, 6.45) is 3.80. The van der Waals surface area contributed by atoms with Crippen LogP contribution in [0.3, 0.4) is 0 Å². The summed E-state index contributed by atoms with van der Waals surface area (Å²) >= 11 is 0. The molecule has 1 aliphatic rings. The highest BCUT2D eigenvalue weighted by Crippen LogP contribution is 2.29. The molecule has 0 bridgehead atoms. The van der Waals surface area contributed by atoms with Crippen LogP contribution >= 0.6 is 0 Å². The molecule has 1 heterocycles. The summed E-state index contributed by atoms with van der Waals surface area (Å²) in [6.45, 7) is 1.23. The molecule has 1 N–H and O–H groups in total. The van der Waals surface area contributed by atoms with E-state index in [0.29, 0.717) is 31.8 Å². The molecule has 1 amide bonds. The standard InChI is InChI=1S/C26H26N2O4S/c29-26(16-13-21-11-14-23(15-12-21)28-18-6-20-33(28,30)31)27-17-19-32-25-10-5-4-9-24(25)22-7-2-1-3-8-22/h1-5,7-16H,6,17-20H2,(H,27,29)/b16-13+. The van der Waals surface area contributed by atoms with Crippen molar-refractivity contribution < 1.29 is 17.9 Å². The van der Waals surface area contributed by atoms with Crippen molar-refractivity contribution in [1.29, 1.82) is 0 Å². The minimum Gasteiger partial charge on any atom is -0.491 e. The zero-order chi connectivity index (χ0) is 23.1. The van der Waals surface area contributed by atoms with Crippen LogP contribution in [0, 0.1) is 0 Å². The molecule has 0 aromatic heterocycles. The van der Waals surface area contributed by atoms with E-state index in [0.717, 1.165) is 22.4 Å². The largest absolute Gasteiger partial charge is 0.491 e. The Bertz CT molecular complexity index is 1220. The average molecular weight is 463 g/mol. The summed E-state index contributed by atoms with van der Waals surface area (Å²) in [5.41, 5.74) is 3.56. The second-order valence-corrected chi connectivity index (χ2v) is 9.68. The van der Waals surface area contributed by atoms with E-state index in [1.54, 1.807) is 30.3 Å². The number of hydrogen-bond acceptors (Lipinski definition) is 4. The lowest BCUT2D eigenvalue weighted by Crippen LogP contribution is -2.26. The number of para-hydroxylation sites is 1. The van der Waals surface area contributed by atoms with Gasteiger partial charge < -0.3 is 10.1 Å². The van der Waals surface area contributed by atoms with E-state index in [-0.39, 0.29) is 11.7 Å². The summed E-state index contributed by atoms with van der Waals surface area (Å²) in [4.78, 5) is 12.1. The van der Waals surface area contributed by atoms with Crippen molar-refractivity contribution in [3.63, 3.8) is 0 Å². The molecule has 3 aromatic carbocycles. The van der Waals surface area contributed by atoms with Gasteiger partial charge in [0, 0.05) is 18.2 Å². The van der Waals surface area contributed by atoms with Gasteiger partial charge in [0.05, 0.1) is 18.0 Å². The monoisotopic (exact) mass is 462 g/mol. The Hall–Kier alpha value is -3.58. The van der Waals surface area contributed by atoms with E-state index < -0.39 is 10.0 Å². The van der Waals surface area contributed by atoms with Crippen molar-refractivity contribution in [2.45, 2.75) is 6.42 Å². The summed E-state index contributed by atoms with van der Waals surface area (Å²) < 4.78 is 31.4. The van der Waals surface area contributed by atoms with Gasteiger partial charge in [0.15, 0.2) is 0 Å². The number of nitrogens with zero attached hydrogens (tertiary/aromatic N) is 1. The molecule has 1 fully saturated rings. The lowest BCUT2D eigenvalue weighted by atomic mass is 10.1. The molecular weight excluding hydrogens is 436 g/mol. The smallest absolute Gasteiger partial charge is 0.244 e. The highest BCUT2D eigenvalue weighted by Gasteiger charge is 2.28. The molecule has 3 aromatic rings. The van der Waals surface area contributed by atoms with Gasteiger partial charge in [-0.25, -0.2) is 8.42 Å². The number of ether oxygens (including phenoxy) is 1. The van der Waals surface area contributed by atoms with Crippen LogP contribution in [-0.2, 0) is 14.8 Å². The van der Waals surface area contributed by atoms with Crippen LogP contribution in [0.15, 0.2) is 84.9 Å². The number of amides is 1. The fraction of sp³-hybridized carbons (Fsp3) is 0.192. The van der Waals surface area contributed by atoms with Crippen molar-refractivity contribution in [1.82, 2.24) is 5.32 Å². The van der Waals surface area contributed by atoms with Gasteiger partial charge in [-0.3, -0.25) is 9.10 Å². The minimum atomic E-state index is -3.19. The average Bonchev–Trinajstić information content (AvgIpc) is 3.20. The molecule has 0 unspecified atom stereocenters. The fourth-order valence-corrected chi connectivity index (χ4v) is 5.26. The number of rotatable bonds is 8. The number of sulfonamides is 1. The third-order valence-corrected chi connectivity index (χ3v) is 7.21. The Morgan fingerprint density at radius 2 is 1.70 bits per heavy atom. The van der Waals surface area contributed by atoms with E-state index in [1.807, 2.05) is 54.6 Å². The van der Waals surface area contributed by atoms with Crippen LogP contribution in [0.25, 0.3) is 17.2 Å². The summed E-state index contributed by atoms with van der Waals surface area (Å²) in [5, 5.41) is 2.81. The lowest BCUT2D eigenvalue weighted by Gasteiger charge is -2.16. The van der Waals surface area contributed by atoms with Gasteiger partial charge in [0.2, 0.25) is 15.9 Å². The first kappa shape index (κ1) is 22.6. The molecule has 1 aliphatic heterocycles. The Morgan fingerprint density at radius 3 is 2.42 bits per heavy atom. The van der Waals surface area contributed by atoms with Crippen LogP contribution < -0.4 is 14.4 Å². The second kappa shape index (κ2) is 10.4. The van der Waals surface area contributed by atoms with E-state index in [4.69, 9.17) is 4.74 Å². The number of hydrogen-bond donors (Lipinski definition) is 1. The molecule has 7 heteroatoms. The Labute approximate surface area is 194 Å². The van der Waals surface area contributed by atoms with Gasteiger partial charge in [0.25, 0.3) is 0 Å². The van der Waals surface area contributed by atoms with Crippen molar-refractivity contribution in [2.24, 2.45) is 0 Å². The predicted molar refractivity (Wildman–Crippen MR) is 132 cm³/mol. The topological polar surface area (TPSA) is 75.7 Å². The zero-order valence-electron chi connectivity index (χ0n) is 18.2. The van der Waals surface area contributed by atoms with Gasteiger partial charge in [-0.15, -0.1) is 0 Å². The van der Waals surface area contributed by atoms with Crippen LogP contribution in [0.5, 0.6) is 5.75 Å². The van der Waals surface area contributed by atoms with E-state index >= 15 is 0 Å². The number of benzene rings is 3. The molecule has 170 valence electrons. The Kier molecular flexibility index (Phi) is 7.10. The number of carbonyl (C=O) groups excluding carboxylic acids is 1. The van der Waals surface area contributed by atoms with E-state index in [2.05, 4.69) is 5.32 Å². The molecule has 33 heavy (non-hydrogen) atoms. The van der Waals surface area contributed by atoms with Crippen molar-refractivity contribution in [2.75, 3.05) is 29.8 Å². The quantitative estimate of drug-likeness (QED) is 0.404. The van der Waals surface area contributed by atoms with Crippen molar-refractivity contribution >= 4 is 27.7 Å². The first-order valence-corrected chi connectivity index (χ1v) is 12.5. The molecule has 0 spiro atoms. The van der Waals surface area contributed by atoms with Gasteiger partial charge in [0.1, 0.15) is 12.4 Å². The van der Waals surface area contributed by atoms with Gasteiger partial charge in [-0.05, 0) is 41.8 Å². The maximum Gasteiger partial charge on any atom is 0.244 e. The Morgan fingerprint density at radius 1 is 0.970 bits per heavy atom. The Balaban J connectivity index is 1.26. The van der Waals surface area contributed by atoms with Gasteiger partial charge in [-0.1, -0.05) is 60.7 Å². The zero-order valence-corrected chi connectivity index (χ0v) is 19.0. The molecule has 0 aliphatic carbocycles. The van der Waals surface area contributed by atoms with Crippen LogP contribution in [0.4, 0.5) is 5.69 Å². The molecular formula is C26H26N2O4S. The van der Waals surface area contributed by atoms with Crippen molar-refractivity contribution in [3.8, 4) is 16.9 Å². The van der Waals surface area contributed by atoms with Crippen LogP contribution in [0.1, 0.15) is 12.0 Å². The van der Waals surface area contributed by atoms with Gasteiger partial charge in [-0.2, -0.15) is 0 Å². The SMILES string of the molecule is O=C(/C=C/c1ccc(N2CCCS2(=O)=O)cc1)NCCOc1ccccc1-c1ccccc1. The second-order valence-electron chi connectivity index (χ2n) is 7.67. The van der Waals surface area contributed by atoms with Crippen molar-refractivity contribution in [3.05, 3.63) is 90.5 Å². The highest BCUT2D eigenvalue weighted by atomic mass is 32.2. The number of carbonyl (C=O) groups is 1. The fourth-order valence-electron chi connectivity index (χ4n) is 3.70. The molecule has 6 nitrogen and oxygen atoms in total. The normalized spacial score (nSPS) is 15.0. The predicted octanol–water partition coefficient (Wildman–Crippen LogP) is 4.10. The highest BCUT2D eigenvalue weighted by molar-refractivity contribution is 7.93. The number of anilines is 1. The summed E-state index contributed by atoms with van der Waals surface area (Å²) in [7, 11) is -3.19. The van der Waals surface area contributed by atoms with E-state index in [9.17, 15) is 13.2 Å². The molecule has 0 saturated carbocycles. The summed E-state index contributed by atoms with van der Waals surface area (Å²) in [6, 6.07) is 25.0. The lowest BCUT2D eigenvalue weighted by molar-refractivity contribution is -0.116. The minimum absolute atomic E-state index is 0.191. The summed E-state index contributed by atoms with van der Waals surface area (Å²) in [5.74, 6) is 0.742. The van der Waals surface area contributed by atoms with E-state index in [1.165, 1.54) is 10.4 Å². The maximum atomic E-state index is 12.1. The van der Waals surface area contributed by atoms with Crippen LogP contribution in [0.2, 0.25) is 0 Å². The molecule has 0 radical (unpaired) electrons. The molecule has 1 saturated heterocycles. The van der Waals surface area contributed by atoms with Gasteiger partial charge >= 0.3 is 0 Å². The van der Waals surface area contributed by atoms with Crippen LogP contribution in [-0.4, -0.2) is 39.8 Å². The third-order valence-electron chi connectivity index (χ3n) is 5.34. The third kappa shape index (κ3) is 5.81. The number of nitrogens with one attached hydrogen (secondary N) is 1. The first-order valence-electron chi connectivity index (χ1n) is 10.9. The maximum absolute atomic E-state index is 12.1. The molecule has 0 atom stereocenters. The molecule has 4 rings (SSSR count). The first-order chi connectivity index (χ1) is 16.0.